The fourth-order valence-corrected chi connectivity index (χ4v) is 3.06. The van der Waals surface area contributed by atoms with E-state index in [4.69, 9.17) is 5.73 Å². The lowest BCUT2D eigenvalue weighted by Crippen LogP contribution is -2.16. The molecule has 0 saturated heterocycles. The number of nitrogens with two attached hydrogens (primary N) is 1. The fourth-order valence-electron chi connectivity index (χ4n) is 1.52. The molecule has 0 bridgehead atoms. The number of benzene rings is 2. The van der Waals surface area contributed by atoms with E-state index >= 15 is 0 Å². The van der Waals surface area contributed by atoms with E-state index in [-0.39, 0.29) is 5.69 Å². The molecule has 0 fully saturated rings. The summed E-state index contributed by atoms with van der Waals surface area (Å²) in [4.78, 5) is -0.712. The van der Waals surface area contributed by atoms with Crippen LogP contribution >= 0.6 is 15.9 Å². The number of halogens is 3. The highest BCUT2D eigenvalue weighted by Crippen LogP contribution is 2.25. The van der Waals surface area contributed by atoms with Crippen LogP contribution in [0.2, 0.25) is 0 Å². The lowest BCUT2D eigenvalue weighted by atomic mass is 10.3. The van der Waals surface area contributed by atoms with Crippen molar-refractivity contribution in [3.63, 3.8) is 0 Å². The third-order valence-electron chi connectivity index (χ3n) is 2.46. The van der Waals surface area contributed by atoms with Crippen LogP contribution in [0.25, 0.3) is 0 Å². The standard InChI is InChI=1S/C12H9BrF2N2O2S/c13-7-2-1-3-8(6-7)17-20(18,19)10-5-4-9(14)12(16)11(10)15/h1-6,17H,16H2. The largest absolute Gasteiger partial charge is 0.394 e. The third-order valence-corrected chi connectivity index (χ3v) is 4.35. The van der Waals surface area contributed by atoms with Crippen LogP contribution in [0.5, 0.6) is 0 Å². The molecule has 0 heterocycles. The second-order valence-electron chi connectivity index (χ2n) is 3.89. The normalized spacial score (nSPS) is 11.3. The number of hydrogen-bond acceptors (Lipinski definition) is 3. The van der Waals surface area contributed by atoms with Crippen molar-refractivity contribution in [2.24, 2.45) is 0 Å². The number of anilines is 2. The zero-order chi connectivity index (χ0) is 14.9. The summed E-state index contributed by atoms with van der Waals surface area (Å²) in [6.07, 6.45) is 0. The molecule has 0 spiro atoms. The Balaban J connectivity index is 2.44. The second-order valence-corrected chi connectivity index (χ2v) is 6.46. The van der Waals surface area contributed by atoms with E-state index in [0.29, 0.717) is 4.47 Å². The van der Waals surface area contributed by atoms with Crippen molar-refractivity contribution < 1.29 is 17.2 Å². The highest BCUT2D eigenvalue weighted by atomic mass is 79.9. The van der Waals surface area contributed by atoms with Crippen LogP contribution in [0.4, 0.5) is 20.2 Å². The predicted molar refractivity (Wildman–Crippen MR) is 75.7 cm³/mol. The molecule has 0 unspecified atom stereocenters. The quantitative estimate of drug-likeness (QED) is 0.824. The summed E-state index contributed by atoms with van der Waals surface area (Å²) in [6.45, 7) is 0. The Bertz CT molecular complexity index is 766. The Morgan fingerprint density at radius 2 is 1.85 bits per heavy atom. The summed E-state index contributed by atoms with van der Waals surface area (Å²) in [5.74, 6) is -2.32. The van der Waals surface area contributed by atoms with Gasteiger partial charge >= 0.3 is 0 Å². The van der Waals surface area contributed by atoms with E-state index in [9.17, 15) is 17.2 Å². The van der Waals surface area contributed by atoms with E-state index in [1.165, 1.54) is 12.1 Å². The van der Waals surface area contributed by atoms with Gasteiger partial charge in [0.05, 0.1) is 0 Å². The van der Waals surface area contributed by atoms with Gasteiger partial charge in [-0.2, -0.15) is 0 Å². The minimum Gasteiger partial charge on any atom is -0.394 e. The van der Waals surface area contributed by atoms with Crippen LogP contribution < -0.4 is 10.5 Å². The van der Waals surface area contributed by atoms with Crippen LogP contribution in [0, 0.1) is 11.6 Å². The Kier molecular flexibility index (Phi) is 3.96. The lowest BCUT2D eigenvalue weighted by Gasteiger charge is -2.10. The minimum absolute atomic E-state index is 0.238. The van der Waals surface area contributed by atoms with Crippen molar-refractivity contribution in [3.05, 3.63) is 52.5 Å². The van der Waals surface area contributed by atoms with Crippen molar-refractivity contribution in [2.75, 3.05) is 10.5 Å². The first-order chi connectivity index (χ1) is 9.31. The number of nitrogen functional groups attached to an aromatic ring is 1. The molecule has 0 saturated carbocycles. The SMILES string of the molecule is Nc1c(F)ccc(S(=O)(=O)Nc2cccc(Br)c2)c1F. The number of rotatable bonds is 3. The summed E-state index contributed by atoms with van der Waals surface area (Å²) < 4.78 is 53.7. The Morgan fingerprint density at radius 1 is 1.15 bits per heavy atom. The van der Waals surface area contributed by atoms with E-state index in [1.54, 1.807) is 12.1 Å². The average molecular weight is 363 g/mol. The maximum Gasteiger partial charge on any atom is 0.264 e. The van der Waals surface area contributed by atoms with Gasteiger partial charge in [-0.05, 0) is 30.3 Å². The molecule has 0 aliphatic carbocycles. The topological polar surface area (TPSA) is 72.2 Å². The van der Waals surface area contributed by atoms with Crippen molar-refractivity contribution in [1.82, 2.24) is 0 Å². The Morgan fingerprint density at radius 3 is 2.50 bits per heavy atom. The van der Waals surface area contributed by atoms with Gasteiger partial charge < -0.3 is 5.73 Å². The summed E-state index contributed by atoms with van der Waals surface area (Å²) in [6, 6.07) is 7.93. The van der Waals surface area contributed by atoms with Crippen molar-refractivity contribution in [2.45, 2.75) is 4.90 Å². The highest BCUT2D eigenvalue weighted by Gasteiger charge is 2.22. The molecule has 2 aromatic carbocycles. The molecule has 20 heavy (non-hydrogen) atoms. The molecule has 0 radical (unpaired) electrons. The number of sulfonamides is 1. The summed E-state index contributed by atoms with van der Waals surface area (Å²) in [7, 11) is -4.19. The van der Waals surface area contributed by atoms with Gasteiger partial charge in [0.15, 0.2) is 5.82 Å². The summed E-state index contributed by atoms with van der Waals surface area (Å²) in [5, 5.41) is 0. The minimum atomic E-state index is -4.19. The van der Waals surface area contributed by atoms with Crippen molar-refractivity contribution >= 4 is 37.3 Å². The number of nitrogens with one attached hydrogen (secondary N) is 1. The molecule has 0 aliphatic heterocycles. The zero-order valence-corrected chi connectivity index (χ0v) is 12.3. The molecular formula is C12H9BrF2N2O2S. The molecule has 3 N–H and O–H groups in total. The average Bonchev–Trinajstić information content (AvgIpc) is 2.35. The molecular weight excluding hydrogens is 354 g/mol. The van der Waals surface area contributed by atoms with Gasteiger partial charge in [-0.1, -0.05) is 22.0 Å². The molecule has 0 aromatic heterocycles. The zero-order valence-electron chi connectivity index (χ0n) is 9.90. The maximum absolute atomic E-state index is 13.7. The molecule has 0 aliphatic rings. The van der Waals surface area contributed by atoms with E-state index < -0.39 is 32.2 Å². The molecule has 2 rings (SSSR count). The first-order valence-electron chi connectivity index (χ1n) is 5.33. The van der Waals surface area contributed by atoms with Gasteiger partial charge in [0.2, 0.25) is 0 Å². The van der Waals surface area contributed by atoms with Crippen LogP contribution in [0.3, 0.4) is 0 Å². The molecule has 8 heteroatoms. The fraction of sp³-hybridized carbons (Fsp3) is 0. The Hall–Kier alpha value is -1.67. The van der Waals surface area contributed by atoms with Gasteiger partial charge in [-0.25, -0.2) is 17.2 Å². The van der Waals surface area contributed by atoms with E-state index in [1.807, 2.05) is 0 Å². The highest BCUT2D eigenvalue weighted by molar-refractivity contribution is 9.10. The van der Waals surface area contributed by atoms with E-state index in [2.05, 4.69) is 20.7 Å². The lowest BCUT2D eigenvalue weighted by molar-refractivity contribution is 0.557. The molecule has 0 amide bonds. The third kappa shape index (κ3) is 2.91. The molecule has 106 valence electrons. The van der Waals surface area contributed by atoms with Gasteiger partial charge in [0.1, 0.15) is 16.4 Å². The molecule has 0 atom stereocenters. The van der Waals surface area contributed by atoms with Crippen LogP contribution in [-0.2, 0) is 10.0 Å². The molecule has 4 nitrogen and oxygen atoms in total. The van der Waals surface area contributed by atoms with Crippen LogP contribution in [0.15, 0.2) is 45.8 Å². The Labute approximate surface area is 122 Å². The van der Waals surface area contributed by atoms with Crippen LogP contribution in [0.1, 0.15) is 0 Å². The monoisotopic (exact) mass is 362 g/mol. The summed E-state index contributed by atoms with van der Waals surface area (Å²) in [5.41, 5.74) is 4.55. The van der Waals surface area contributed by atoms with Crippen molar-refractivity contribution in [3.8, 4) is 0 Å². The smallest absolute Gasteiger partial charge is 0.264 e. The van der Waals surface area contributed by atoms with Crippen LogP contribution in [-0.4, -0.2) is 8.42 Å². The maximum atomic E-state index is 13.7. The van der Waals surface area contributed by atoms with Crippen molar-refractivity contribution in [1.29, 1.82) is 0 Å². The predicted octanol–water partition coefficient (Wildman–Crippen LogP) is 3.11. The second kappa shape index (κ2) is 5.37. The summed E-state index contributed by atoms with van der Waals surface area (Å²) >= 11 is 3.18. The molecule has 2 aromatic rings. The number of hydrogen-bond donors (Lipinski definition) is 2. The van der Waals surface area contributed by atoms with Gasteiger partial charge in [0, 0.05) is 10.2 Å². The first kappa shape index (κ1) is 14.7. The van der Waals surface area contributed by atoms with Gasteiger partial charge in [-0.15, -0.1) is 0 Å². The van der Waals surface area contributed by atoms with E-state index in [0.717, 1.165) is 12.1 Å². The van der Waals surface area contributed by atoms with Gasteiger partial charge in [0.25, 0.3) is 10.0 Å². The van der Waals surface area contributed by atoms with Gasteiger partial charge in [-0.3, -0.25) is 4.72 Å². The first-order valence-corrected chi connectivity index (χ1v) is 7.61.